The fourth-order valence-corrected chi connectivity index (χ4v) is 4.94. The van der Waals surface area contributed by atoms with Gasteiger partial charge >= 0.3 is 0 Å². The number of hydrogen-bond acceptors (Lipinski definition) is 4. The van der Waals surface area contributed by atoms with Crippen molar-refractivity contribution >= 4 is 33.1 Å². The highest BCUT2D eigenvalue weighted by molar-refractivity contribution is 9.10. The second-order valence-corrected chi connectivity index (χ2v) is 8.97. The zero-order valence-corrected chi connectivity index (χ0v) is 19.1. The molecule has 2 N–H and O–H groups in total. The lowest BCUT2D eigenvalue weighted by Gasteiger charge is -2.30. The Kier molecular flexibility index (Phi) is 5.47. The molecule has 32 heavy (non-hydrogen) atoms. The molecule has 6 heteroatoms. The van der Waals surface area contributed by atoms with E-state index in [4.69, 9.17) is 4.74 Å². The van der Waals surface area contributed by atoms with Crippen LogP contribution >= 0.6 is 15.9 Å². The van der Waals surface area contributed by atoms with E-state index in [0.717, 1.165) is 33.9 Å². The number of ether oxygens (including phenoxy) is 1. The molecular formula is C26H22BrFN2O2. The Bertz CT molecular complexity index is 1220. The predicted octanol–water partition coefficient (Wildman–Crippen LogP) is 6.58. The molecule has 0 fully saturated rings. The van der Waals surface area contributed by atoms with Crippen LogP contribution in [0.25, 0.3) is 0 Å². The first-order valence-corrected chi connectivity index (χ1v) is 11.3. The second kappa shape index (κ2) is 8.43. The Morgan fingerprint density at radius 2 is 1.69 bits per heavy atom. The Morgan fingerprint density at radius 3 is 2.41 bits per heavy atom. The molecular weight excluding hydrogens is 471 g/mol. The van der Waals surface area contributed by atoms with Gasteiger partial charge in [0.1, 0.15) is 11.6 Å². The lowest BCUT2D eigenvalue weighted by molar-refractivity contribution is -0.116. The van der Waals surface area contributed by atoms with E-state index in [0.29, 0.717) is 22.9 Å². The van der Waals surface area contributed by atoms with Crippen LogP contribution in [0.1, 0.15) is 35.9 Å². The van der Waals surface area contributed by atoms with Gasteiger partial charge in [0, 0.05) is 17.7 Å². The van der Waals surface area contributed by atoms with E-state index in [2.05, 4.69) is 26.6 Å². The summed E-state index contributed by atoms with van der Waals surface area (Å²) < 4.78 is 19.6. The number of nitrogens with one attached hydrogen (secondary N) is 2. The van der Waals surface area contributed by atoms with Crippen molar-refractivity contribution in [1.29, 1.82) is 0 Å². The highest BCUT2D eigenvalue weighted by Crippen LogP contribution is 2.44. The Labute approximate surface area is 194 Å². The average Bonchev–Trinajstić information content (AvgIpc) is 2.98. The number of fused-ring (bicyclic) bond motifs is 1. The number of allylic oxidation sites excluding steroid dienone is 1. The third-order valence-electron chi connectivity index (χ3n) is 6.17. The molecule has 0 saturated heterocycles. The number of anilines is 2. The molecule has 2 atom stereocenters. The summed E-state index contributed by atoms with van der Waals surface area (Å²) in [6, 6.07) is 20.4. The van der Waals surface area contributed by atoms with Gasteiger partial charge in [0.05, 0.1) is 29.0 Å². The van der Waals surface area contributed by atoms with Crippen LogP contribution in [-0.2, 0) is 4.79 Å². The smallest absolute Gasteiger partial charge is 0.163 e. The van der Waals surface area contributed by atoms with Gasteiger partial charge in [-0.25, -0.2) is 4.39 Å². The number of halogens is 2. The van der Waals surface area contributed by atoms with Gasteiger partial charge in [-0.05, 0) is 75.8 Å². The third-order valence-corrected chi connectivity index (χ3v) is 6.78. The van der Waals surface area contributed by atoms with E-state index in [9.17, 15) is 9.18 Å². The van der Waals surface area contributed by atoms with Crippen LogP contribution in [-0.4, -0.2) is 12.9 Å². The van der Waals surface area contributed by atoms with E-state index in [1.807, 2.05) is 48.5 Å². The van der Waals surface area contributed by atoms with Crippen LogP contribution in [0.4, 0.5) is 15.8 Å². The first kappa shape index (κ1) is 20.8. The Morgan fingerprint density at radius 1 is 0.969 bits per heavy atom. The monoisotopic (exact) mass is 492 g/mol. The van der Waals surface area contributed by atoms with Crippen LogP contribution < -0.4 is 15.4 Å². The molecule has 0 saturated carbocycles. The number of methoxy groups -OCH3 is 1. The van der Waals surface area contributed by atoms with Crippen molar-refractivity contribution in [3.8, 4) is 5.75 Å². The molecule has 0 spiro atoms. The number of ketones is 1. The molecule has 0 unspecified atom stereocenters. The fraction of sp³-hybridized carbons (Fsp3) is 0.192. The minimum absolute atomic E-state index is 0.0746. The zero-order chi connectivity index (χ0) is 22.2. The van der Waals surface area contributed by atoms with Gasteiger partial charge < -0.3 is 15.4 Å². The van der Waals surface area contributed by atoms with Crippen LogP contribution in [0.5, 0.6) is 5.75 Å². The van der Waals surface area contributed by atoms with Crippen LogP contribution in [0, 0.1) is 5.82 Å². The number of carbonyl (C=O) groups is 1. The minimum Gasteiger partial charge on any atom is -0.497 e. The van der Waals surface area contributed by atoms with Gasteiger partial charge in [0.15, 0.2) is 5.78 Å². The summed E-state index contributed by atoms with van der Waals surface area (Å²) >= 11 is 3.29. The van der Waals surface area contributed by atoms with Gasteiger partial charge in [-0.1, -0.05) is 30.3 Å². The van der Waals surface area contributed by atoms with Gasteiger partial charge in [0.25, 0.3) is 0 Å². The lowest BCUT2D eigenvalue weighted by Crippen LogP contribution is -2.26. The van der Waals surface area contributed by atoms with Gasteiger partial charge in [-0.3, -0.25) is 4.79 Å². The lowest BCUT2D eigenvalue weighted by atomic mass is 9.78. The van der Waals surface area contributed by atoms with Crippen molar-refractivity contribution in [2.24, 2.45) is 0 Å². The van der Waals surface area contributed by atoms with E-state index < -0.39 is 0 Å². The predicted molar refractivity (Wildman–Crippen MR) is 128 cm³/mol. The minimum atomic E-state index is -0.373. The number of para-hydroxylation sites is 2. The van der Waals surface area contributed by atoms with Crippen molar-refractivity contribution in [1.82, 2.24) is 0 Å². The molecule has 1 aliphatic heterocycles. The highest BCUT2D eigenvalue weighted by Gasteiger charge is 2.36. The molecule has 0 radical (unpaired) electrons. The number of hydrogen-bond donors (Lipinski definition) is 2. The number of rotatable bonds is 3. The normalized spacial score (nSPS) is 19.9. The van der Waals surface area contributed by atoms with Crippen molar-refractivity contribution in [3.05, 3.63) is 99.4 Å². The van der Waals surface area contributed by atoms with E-state index >= 15 is 0 Å². The summed E-state index contributed by atoms with van der Waals surface area (Å²) in [6.07, 6.45) is 1.13. The quantitative estimate of drug-likeness (QED) is 0.433. The Balaban J connectivity index is 1.59. The number of carbonyl (C=O) groups excluding carboxylic acids is 1. The molecule has 0 aromatic heterocycles. The molecule has 3 aromatic carbocycles. The largest absolute Gasteiger partial charge is 0.497 e. The summed E-state index contributed by atoms with van der Waals surface area (Å²) in [5.74, 6) is 0.629. The standard InChI is InChI=1S/C26H22BrFN2O2/c1-32-18-9-6-15(7-10-18)17-13-23-25(24(31)14-17)26(16-8-11-20(28)19(27)12-16)30-22-5-3-2-4-21(22)29-23/h2-12,17,26,29-30H,13-14H2,1H3/t17-,26+/m1/s1. The first-order chi connectivity index (χ1) is 15.5. The van der Waals surface area contributed by atoms with Gasteiger partial charge in [-0.15, -0.1) is 0 Å². The van der Waals surface area contributed by atoms with Gasteiger partial charge in [-0.2, -0.15) is 0 Å². The maximum Gasteiger partial charge on any atom is 0.163 e. The molecule has 162 valence electrons. The maximum atomic E-state index is 13.9. The third kappa shape index (κ3) is 3.79. The van der Waals surface area contributed by atoms with Crippen molar-refractivity contribution in [2.75, 3.05) is 17.7 Å². The van der Waals surface area contributed by atoms with Crippen LogP contribution in [0.2, 0.25) is 0 Å². The molecule has 0 bridgehead atoms. The molecule has 1 aliphatic carbocycles. The van der Waals surface area contributed by atoms with Crippen LogP contribution in [0.15, 0.2) is 82.5 Å². The van der Waals surface area contributed by atoms with Crippen molar-refractivity contribution in [2.45, 2.75) is 24.8 Å². The number of Topliss-reactive ketones (excluding diaryl/α,β-unsaturated/α-hetero) is 1. The summed E-state index contributed by atoms with van der Waals surface area (Å²) in [7, 11) is 1.64. The Hall–Kier alpha value is -3.12. The summed E-state index contributed by atoms with van der Waals surface area (Å²) in [6.45, 7) is 0. The molecule has 5 rings (SSSR count). The summed E-state index contributed by atoms with van der Waals surface area (Å²) in [4.78, 5) is 13.5. The van der Waals surface area contributed by atoms with Crippen LogP contribution in [0.3, 0.4) is 0 Å². The SMILES string of the molecule is COc1ccc([C@H]2CC(=O)C3=C(C2)Nc2ccccc2N[C@H]3c2ccc(F)c(Br)c2)cc1. The summed E-state index contributed by atoms with van der Waals surface area (Å²) in [5, 5.41) is 7.05. The topological polar surface area (TPSA) is 50.4 Å². The highest BCUT2D eigenvalue weighted by atomic mass is 79.9. The zero-order valence-electron chi connectivity index (χ0n) is 17.5. The molecule has 4 nitrogen and oxygen atoms in total. The molecule has 3 aromatic rings. The average molecular weight is 493 g/mol. The van der Waals surface area contributed by atoms with Gasteiger partial charge in [0.2, 0.25) is 0 Å². The van der Waals surface area contributed by atoms with E-state index in [-0.39, 0.29) is 23.6 Å². The first-order valence-electron chi connectivity index (χ1n) is 10.5. The second-order valence-electron chi connectivity index (χ2n) is 8.12. The number of benzene rings is 3. The van der Waals surface area contributed by atoms with E-state index in [1.165, 1.54) is 6.07 Å². The molecule has 2 aliphatic rings. The summed E-state index contributed by atoms with van der Waals surface area (Å²) in [5.41, 5.74) is 5.39. The molecule has 0 amide bonds. The van der Waals surface area contributed by atoms with E-state index in [1.54, 1.807) is 19.2 Å². The maximum absolute atomic E-state index is 13.9. The molecule has 1 heterocycles. The fourth-order valence-electron chi connectivity index (χ4n) is 4.55. The van der Waals surface area contributed by atoms with Crippen molar-refractivity contribution < 1.29 is 13.9 Å². The van der Waals surface area contributed by atoms with Crippen molar-refractivity contribution in [3.63, 3.8) is 0 Å².